The zero-order chi connectivity index (χ0) is 25.8. The normalized spacial score (nSPS) is 13.3. The summed E-state index contributed by atoms with van der Waals surface area (Å²) in [7, 11) is 5.19. The molecule has 0 fully saturated rings. The molecular formula is C29H41ClN2O4. The summed E-state index contributed by atoms with van der Waals surface area (Å²) in [5.41, 5.74) is 1.35. The largest absolute Gasteiger partial charge is 0.493 e. The van der Waals surface area contributed by atoms with Crippen molar-refractivity contribution >= 4 is 12.4 Å². The number of aliphatic hydroxyl groups excluding tert-OH is 1. The fourth-order valence-corrected chi connectivity index (χ4v) is 4.42. The van der Waals surface area contributed by atoms with Crippen LogP contribution in [-0.2, 0) is 11.8 Å². The van der Waals surface area contributed by atoms with Crippen molar-refractivity contribution in [2.45, 2.75) is 44.6 Å². The minimum absolute atomic E-state index is 0. The molecule has 1 N–H and O–H groups in total. The quantitative estimate of drug-likeness (QED) is 0.318. The second kappa shape index (κ2) is 15.4. The van der Waals surface area contributed by atoms with Gasteiger partial charge in [-0.1, -0.05) is 44.2 Å². The summed E-state index contributed by atoms with van der Waals surface area (Å²) < 4.78 is 16.7. The molecule has 0 saturated heterocycles. The summed E-state index contributed by atoms with van der Waals surface area (Å²) >= 11 is 0. The number of aliphatic hydroxyl groups is 1. The van der Waals surface area contributed by atoms with Gasteiger partial charge in [0, 0.05) is 6.54 Å². The van der Waals surface area contributed by atoms with Crippen molar-refractivity contribution in [3.8, 4) is 23.3 Å². The molecule has 0 aliphatic carbocycles. The van der Waals surface area contributed by atoms with Crippen molar-refractivity contribution in [2.75, 3.05) is 41.0 Å². The van der Waals surface area contributed by atoms with Crippen LogP contribution in [0.5, 0.6) is 17.2 Å². The van der Waals surface area contributed by atoms with Crippen LogP contribution in [0.25, 0.3) is 0 Å². The Kier molecular flexibility index (Phi) is 13.4. The monoisotopic (exact) mass is 516 g/mol. The standard InChI is InChI=1S/C29H40N2O4.ClH/c1-7-11-23-12-8-9-13-26(23)35-20-25(32)19-31(4)17-10-16-29(21-30,22(2)3)24-14-15-27(33-5)28(18-24)34-6;/h7-9,12-15,18,22,25,32H,1,10-11,16-17,19-20H2,2-6H3;1H. The fraction of sp³-hybridized carbons (Fsp3) is 0.483. The first-order chi connectivity index (χ1) is 16.8. The first-order valence-corrected chi connectivity index (χ1v) is 12.1. The van der Waals surface area contributed by atoms with E-state index in [2.05, 4.69) is 31.4 Å². The number of halogens is 1. The van der Waals surface area contributed by atoms with E-state index in [1.165, 1.54) is 0 Å². The second-order valence-corrected chi connectivity index (χ2v) is 9.24. The van der Waals surface area contributed by atoms with Gasteiger partial charge in [0.25, 0.3) is 0 Å². The second-order valence-electron chi connectivity index (χ2n) is 9.24. The molecule has 0 aliphatic heterocycles. The molecule has 2 aromatic carbocycles. The number of ether oxygens (including phenoxy) is 3. The summed E-state index contributed by atoms with van der Waals surface area (Å²) in [6.45, 7) is 9.41. The number of rotatable bonds is 15. The van der Waals surface area contributed by atoms with Gasteiger partial charge in [-0.3, -0.25) is 0 Å². The maximum absolute atomic E-state index is 10.5. The summed E-state index contributed by atoms with van der Waals surface area (Å²) in [5.74, 6) is 2.17. The van der Waals surface area contributed by atoms with Gasteiger partial charge < -0.3 is 24.2 Å². The molecule has 0 saturated carbocycles. The Balaban J connectivity index is 0.00000648. The number of benzene rings is 2. The molecule has 0 spiro atoms. The van der Waals surface area contributed by atoms with Crippen molar-refractivity contribution in [1.29, 1.82) is 5.26 Å². The molecular weight excluding hydrogens is 476 g/mol. The molecule has 0 bridgehead atoms. The number of nitriles is 1. The molecule has 6 nitrogen and oxygen atoms in total. The van der Waals surface area contributed by atoms with Crippen molar-refractivity contribution < 1.29 is 19.3 Å². The number of para-hydroxylation sites is 1. The SMILES string of the molecule is C=CCc1ccccc1OCC(O)CN(C)CCCC(C#N)(c1ccc(OC)c(OC)c1)C(C)C.Cl. The molecule has 198 valence electrons. The Hall–Kier alpha value is -2.72. The maximum Gasteiger partial charge on any atom is 0.161 e. The predicted octanol–water partition coefficient (Wildman–Crippen LogP) is 5.42. The van der Waals surface area contributed by atoms with E-state index in [-0.39, 0.29) is 24.9 Å². The number of likely N-dealkylation sites (N-methyl/N-ethyl adjacent to an activating group) is 1. The lowest BCUT2D eigenvalue weighted by Gasteiger charge is -2.32. The van der Waals surface area contributed by atoms with E-state index in [1.54, 1.807) is 14.2 Å². The van der Waals surface area contributed by atoms with Crippen LogP contribution in [0.2, 0.25) is 0 Å². The molecule has 2 aromatic rings. The minimum Gasteiger partial charge on any atom is -0.493 e. The summed E-state index contributed by atoms with van der Waals surface area (Å²) in [5, 5.41) is 20.8. The first-order valence-electron chi connectivity index (χ1n) is 12.1. The Morgan fingerprint density at radius 2 is 1.81 bits per heavy atom. The van der Waals surface area contributed by atoms with E-state index < -0.39 is 11.5 Å². The number of allylic oxidation sites excluding steroid dienone is 1. The van der Waals surface area contributed by atoms with Gasteiger partial charge in [-0.05, 0) is 68.1 Å². The highest BCUT2D eigenvalue weighted by atomic mass is 35.5. The lowest BCUT2D eigenvalue weighted by atomic mass is 9.69. The molecule has 7 heteroatoms. The van der Waals surface area contributed by atoms with E-state index in [0.717, 1.165) is 36.3 Å². The van der Waals surface area contributed by atoms with Crippen molar-refractivity contribution in [2.24, 2.45) is 5.92 Å². The summed E-state index contributed by atoms with van der Waals surface area (Å²) in [6.07, 6.45) is 3.46. The van der Waals surface area contributed by atoms with E-state index in [0.29, 0.717) is 24.5 Å². The van der Waals surface area contributed by atoms with Gasteiger partial charge in [-0.2, -0.15) is 5.26 Å². The van der Waals surface area contributed by atoms with Crippen LogP contribution in [0.3, 0.4) is 0 Å². The molecule has 36 heavy (non-hydrogen) atoms. The number of methoxy groups -OCH3 is 2. The van der Waals surface area contributed by atoms with Crippen LogP contribution in [0.4, 0.5) is 0 Å². The highest BCUT2D eigenvalue weighted by Crippen LogP contribution is 2.40. The number of hydrogen-bond acceptors (Lipinski definition) is 6. The summed E-state index contributed by atoms with van der Waals surface area (Å²) in [6, 6.07) is 16.1. The van der Waals surface area contributed by atoms with Gasteiger partial charge in [0.05, 0.1) is 25.7 Å². The van der Waals surface area contributed by atoms with E-state index in [4.69, 9.17) is 14.2 Å². The highest BCUT2D eigenvalue weighted by Gasteiger charge is 2.36. The predicted molar refractivity (Wildman–Crippen MR) is 147 cm³/mol. The smallest absolute Gasteiger partial charge is 0.161 e. The molecule has 0 radical (unpaired) electrons. The lowest BCUT2D eigenvalue weighted by molar-refractivity contribution is 0.0750. The molecule has 2 unspecified atom stereocenters. The molecule has 0 aliphatic rings. The molecule has 2 rings (SSSR count). The van der Waals surface area contributed by atoms with Gasteiger partial charge in [0.1, 0.15) is 18.5 Å². The van der Waals surface area contributed by atoms with Crippen LogP contribution < -0.4 is 14.2 Å². The van der Waals surface area contributed by atoms with Gasteiger partial charge in [-0.15, -0.1) is 19.0 Å². The van der Waals surface area contributed by atoms with Gasteiger partial charge in [0.2, 0.25) is 0 Å². The Morgan fingerprint density at radius 1 is 1.11 bits per heavy atom. The van der Waals surface area contributed by atoms with Gasteiger partial charge >= 0.3 is 0 Å². The zero-order valence-corrected chi connectivity index (χ0v) is 23.0. The Bertz CT molecular complexity index is 991. The Labute approximate surface area is 222 Å². The van der Waals surface area contributed by atoms with Crippen LogP contribution in [-0.4, -0.2) is 57.1 Å². The van der Waals surface area contributed by atoms with Crippen LogP contribution in [0, 0.1) is 17.2 Å². The van der Waals surface area contributed by atoms with E-state index in [9.17, 15) is 10.4 Å². The minimum atomic E-state index is -0.642. The van der Waals surface area contributed by atoms with E-state index in [1.807, 2.05) is 55.6 Å². The van der Waals surface area contributed by atoms with Gasteiger partial charge in [0.15, 0.2) is 11.5 Å². The number of nitrogens with zero attached hydrogens (tertiary/aromatic N) is 2. The molecule has 2 atom stereocenters. The fourth-order valence-electron chi connectivity index (χ4n) is 4.42. The van der Waals surface area contributed by atoms with Crippen molar-refractivity contribution in [3.05, 3.63) is 66.2 Å². The third-order valence-corrected chi connectivity index (χ3v) is 6.49. The third-order valence-electron chi connectivity index (χ3n) is 6.49. The zero-order valence-electron chi connectivity index (χ0n) is 22.2. The summed E-state index contributed by atoms with van der Waals surface area (Å²) in [4.78, 5) is 2.08. The van der Waals surface area contributed by atoms with Crippen molar-refractivity contribution in [3.63, 3.8) is 0 Å². The van der Waals surface area contributed by atoms with Crippen molar-refractivity contribution in [1.82, 2.24) is 4.90 Å². The van der Waals surface area contributed by atoms with Gasteiger partial charge in [-0.25, -0.2) is 0 Å². The van der Waals surface area contributed by atoms with E-state index >= 15 is 0 Å². The maximum atomic E-state index is 10.5. The lowest BCUT2D eigenvalue weighted by Crippen LogP contribution is -2.35. The topological polar surface area (TPSA) is 75.0 Å². The van der Waals surface area contributed by atoms with Crippen LogP contribution in [0.1, 0.15) is 37.8 Å². The highest BCUT2D eigenvalue weighted by molar-refractivity contribution is 5.85. The van der Waals surface area contributed by atoms with Crippen LogP contribution >= 0.6 is 12.4 Å². The average Bonchev–Trinajstić information content (AvgIpc) is 2.85. The van der Waals surface area contributed by atoms with Crippen LogP contribution in [0.15, 0.2) is 55.1 Å². The average molecular weight is 517 g/mol. The molecule has 0 amide bonds. The first kappa shape index (κ1) is 31.3. The number of hydrogen-bond donors (Lipinski definition) is 1. The molecule has 0 heterocycles. The third kappa shape index (κ3) is 8.16. The molecule has 0 aromatic heterocycles. The Morgan fingerprint density at radius 3 is 2.42 bits per heavy atom.